The van der Waals surface area contributed by atoms with E-state index in [2.05, 4.69) is 142 Å². The van der Waals surface area contributed by atoms with Crippen LogP contribution in [-0.4, -0.2) is 37.2 Å². The summed E-state index contributed by atoms with van der Waals surface area (Å²) in [5.41, 5.74) is 0. The van der Waals surface area contributed by atoms with Crippen molar-refractivity contribution < 1.29 is 28.6 Å². The molecule has 0 aliphatic rings. The summed E-state index contributed by atoms with van der Waals surface area (Å²) in [5.74, 6) is -1.07. The van der Waals surface area contributed by atoms with Crippen LogP contribution in [0.15, 0.2) is 134 Å². The minimum atomic E-state index is -0.832. The van der Waals surface area contributed by atoms with Crippen LogP contribution in [0.1, 0.15) is 252 Å². The quantitative estimate of drug-likeness (QED) is 0.0261. The SMILES string of the molecule is CC/C=C\C/C=C\C/C=C\C/C=C\C/C=C\CC(=O)OCC(COC(=O)CCCCCCCCCC/C=C\C/C=C\C/C=C\CCCCCCC)OC(=O)CCCCCCCCC/C=C\C/C=C\C/C=C\CC. The molecule has 6 nitrogen and oxygen atoms in total. The zero-order chi connectivity index (χ0) is 52.9. The summed E-state index contributed by atoms with van der Waals surface area (Å²) in [7, 11) is 0. The predicted molar refractivity (Wildman–Crippen MR) is 316 cm³/mol. The molecule has 0 heterocycles. The van der Waals surface area contributed by atoms with Crippen molar-refractivity contribution in [1.29, 1.82) is 0 Å². The molecule has 0 saturated carbocycles. The highest BCUT2D eigenvalue weighted by Gasteiger charge is 2.19. The molecule has 73 heavy (non-hydrogen) atoms. The van der Waals surface area contributed by atoms with Crippen LogP contribution in [-0.2, 0) is 28.6 Å². The molecule has 1 atom stereocenters. The van der Waals surface area contributed by atoms with E-state index in [4.69, 9.17) is 14.2 Å². The number of ether oxygens (including phenoxy) is 3. The fraction of sp³-hybridized carbons (Fsp3) is 0.627. The third-order valence-corrected chi connectivity index (χ3v) is 12.2. The van der Waals surface area contributed by atoms with Gasteiger partial charge in [-0.2, -0.15) is 0 Å². The number of unbranched alkanes of at least 4 members (excludes halogenated alkanes) is 20. The average Bonchev–Trinajstić information content (AvgIpc) is 3.39. The Hall–Kier alpha value is -4.45. The summed E-state index contributed by atoms with van der Waals surface area (Å²) in [6, 6.07) is 0. The highest BCUT2D eigenvalue weighted by atomic mass is 16.6. The summed E-state index contributed by atoms with van der Waals surface area (Å²) in [6.07, 6.45) is 84.7. The van der Waals surface area contributed by atoms with Crippen molar-refractivity contribution >= 4 is 17.9 Å². The van der Waals surface area contributed by atoms with Crippen LogP contribution in [0.25, 0.3) is 0 Å². The first-order valence-corrected chi connectivity index (χ1v) is 29.7. The molecule has 0 N–H and O–H groups in total. The summed E-state index contributed by atoms with van der Waals surface area (Å²) in [6.45, 7) is 6.30. The van der Waals surface area contributed by atoms with E-state index in [0.717, 1.165) is 122 Å². The summed E-state index contributed by atoms with van der Waals surface area (Å²) in [5, 5.41) is 0. The molecular formula is C67H108O6. The van der Waals surface area contributed by atoms with Crippen LogP contribution in [0.3, 0.4) is 0 Å². The molecule has 0 bridgehead atoms. The average molecular weight is 1010 g/mol. The zero-order valence-electron chi connectivity index (χ0n) is 47.1. The minimum Gasteiger partial charge on any atom is -0.462 e. The summed E-state index contributed by atoms with van der Waals surface area (Å²) in [4.78, 5) is 38.2. The lowest BCUT2D eigenvalue weighted by Crippen LogP contribution is -2.30. The van der Waals surface area contributed by atoms with Gasteiger partial charge in [-0.05, 0) is 116 Å². The van der Waals surface area contributed by atoms with E-state index >= 15 is 0 Å². The van der Waals surface area contributed by atoms with Gasteiger partial charge in [0.15, 0.2) is 6.10 Å². The first kappa shape index (κ1) is 68.6. The molecule has 1 unspecified atom stereocenters. The van der Waals surface area contributed by atoms with Gasteiger partial charge in [0.05, 0.1) is 6.42 Å². The highest BCUT2D eigenvalue weighted by Crippen LogP contribution is 2.14. The molecule has 0 fully saturated rings. The summed E-state index contributed by atoms with van der Waals surface area (Å²) < 4.78 is 16.8. The topological polar surface area (TPSA) is 78.9 Å². The van der Waals surface area contributed by atoms with Gasteiger partial charge in [-0.15, -0.1) is 0 Å². The van der Waals surface area contributed by atoms with Crippen LogP contribution < -0.4 is 0 Å². The van der Waals surface area contributed by atoms with Crippen LogP contribution in [0, 0.1) is 0 Å². The van der Waals surface area contributed by atoms with Gasteiger partial charge >= 0.3 is 17.9 Å². The number of hydrogen-bond acceptors (Lipinski definition) is 6. The van der Waals surface area contributed by atoms with E-state index in [1.165, 1.54) is 89.9 Å². The largest absolute Gasteiger partial charge is 0.462 e. The molecule has 0 rings (SSSR count). The zero-order valence-corrected chi connectivity index (χ0v) is 47.1. The lowest BCUT2D eigenvalue weighted by Gasteiger charge is -2.18. The number of carbonyl (C=O) groups excluding carboxylic acids is 3. The number of esters is 3. The van der Waals surface area contributed by atoms with Crippen molar-refractivity contribution in [2.45, 2.75) is 258 Å². The van der Waals surface area contributed by atoms with Crippen molar-refractivity contribution in [2.24, 2.45) is 0 Å². The van der Waals surface area contributed by atoms with Crippen molar-refractivity contribution in [1.82, 2.24) is 0 Å². The standard InChI is InChI=1S/C67H108O6/c1-4-7-10-13-16-19-22-25-28-30-31-32-33-34-35-37-39-42-45-48-51-54-57-60-66(69)72-63-64(62-71-65(68)59-56-53-50-47-44-41-38-27-24-21-18-15-12-9-6-3)73-67(70)61-58-55-52-49-46-43-40-36-29-26-23-20-17-14-11-8-5-2/h8-9,11-12,17-18,20-22,25-27,29-31,33-34,38,44,47,53,56,64H,4-7,10,13-16,19,23-24,28,32,35-37,39-43,45-46,48-52,54-55,57-63H2,1-3H3/b11-8-,12-9-,20-17-,21-18-,25-22-,29-26-,31-30-,34-33-,38-27-,47-44-,56-53-. The molecule has 0 aromatic carbocycles. The molecule has 412 valence electrons. The van der Waals surface area contributed by atoms with Gasteiger partial charge in [0.1, 0.15) is 13.2 Å². The molecule has 0 spiro atoms. The maximum atomic E-state index is 12.9. The van der Waals surface area contributed by atoms with Crippen molar-refractivity contribution in [2.75, 3.05) is 13.2 Å². The second-order valence-corrected chi connectivity index (χ2v) is 19.2. The van der Waals surface area contributed by atoms with E-state index in [1.807, 2.05) is 6.08 Å². The van der Waals surface area contributed by atoms with Crippen LogP contribution in [0.4, 0.5) is 0 Å². The second-order valence-electron chi connectivity index (χ2n) is 19.2. The lowest BCUT2D eigenvalue weighted by molar-refractivity contribution is -0.166. The monoisotopic (exact) mass is 1010 g/mol. The third-order valence-electron chi connectivity index (χ3n) is 12.2. The van der Waals surface area contributed by atoms with Gasteiger partial charge in [0, 0.05) is 12.8 Å². The Labute approximate surface area is 449 Å². The Morgan fingerprint density at radius 1 is 0.301 bits per heavy atom. The van der Waals surface area contributed by atoms with Crippen LogP contribution in [0.5, 0.6) is 0 Å². The van der Waals surface area contributed by atoms with Gasteiger partial charge in [-0.25, -0.2) is 0 Å². The molecule has 0 aliphatic heterocycles. The normalized spacial score (nSPS) is 13.1. The number of allylic oxidation sites excluding steroid dienone is 21. The Bertz CT molecular complexity index is 1580. The van der Waals surface area contributed by atoms with Gasteiger partial charge in [0.2, 0.25) is 0 Å². The number of carbonyl (C=O) groups is 3. The Balaban J connectivity index is 4.49. The maximum absolute atomic E-state index is 12.9. The van der Waals surface area contributed by atoms with Gasteiger partial charge in [-0.3, -0.25) is 14.4 Å². The number of rotatable bonds is 52. The number of hydrogen-bond donors (Lipinski definition) is 0. The molecule has 0 amide bonds. The van der Waals surface area contributed by atoms with Gasteiger partial charge < -0.3 is 14.2 Å². The van der Waals surface area contributed by atoms with E-state index in [1.54, 1.807) is 6.08 Å². The van der Waals surface area contributed by atoms with Crippen LogP contribution in [0.2, 0.25) is 0 Å². The molecule has 0 radical (unpaired) electrons. The Morgan fingerprint density at radius 2 is 0.589 bits per heavy atom. The molecule has 0 aliphatic carbocycles. The lowest BCUT2D eigenvalue weighted by atomic mass is 10.1. The van der Waals surface area contributed by atoms with Crippen LogP contribution >= 0.6 is 0 Å². The van der Waals surface area contributed by atoms with Gasteiger partial charge in [0.25, 0.3) is 0 Å². The molecule has 0 aromatic heterocycles. The Morgan fingerprint density at radius 3 is 0.959 bits per heavy atom. The van der Waals surface area contributed by atoms with Crippen molar-refractivity contribution in [3.63, 3.8) is 0 Å². The van der Waals surface area contributed by atoms with Gasteiger partial charge in [-0.1, -0.05) is 251 Å². The maximum Gasteiger partial charge on any atom is 0.309 e. The highest BCUT2D eigenvalue weighted by molar-refractivity contribution is 5.72. The van der Waals surface area contributed by atoms with E-state index in [-0.39, 0.29) is 31.6 Å². The smallest absolute Gasteiger partial charge is 0.309 e. The first-order chi connectivity index (χ1) is 36.0. The molecule has 6 heteroatoms. The first-order valence-electron chi connectivity index (χ1n) is 29.7. The fourth-order valence-corrected chi connectivity index (χ4v) is 7.77. The third kappa shape index (κ3) is 58.3. The molecular weight excluding hydrogens is 901 g/mol. The second kappa shape index (κ2) is 60.1. The molecule has 0 aromatic rings. The van der Waals surface area contributed by atoms with E-state index < -0.39 is 12.1 Å². The minimum absolute atomic E-state index is 0.118. The molecule has 0 saturated heterocycles. The van der Waals surface area contributed by atoms with E-state index in [0.29, 0.717) is 12.8 Å². The summed E-state index contributed by atoms with van der Waals surface area (Å²) >= 11 is 0. The van der Waals surface area contributed by atoms with Crippen molar-refractivity contribution in [3.8, 4) is 0 Å². The fourth-order valence-electron chi connectivity index (χ4n) is 7.77. The van der Waals surface area contributed by atoms with E-state index in [9.17, 15) is 14.4 Å². The predicted octanol–water partition coefficient (Wildman–Crippen LogP) is 20.2. The Kier molecular flexibility index (Phi) is 56.4. The van der Waals surface area contributed by atoms with Crippen molar-refractivity contribution in [3.05, 3.63) is 134 Å².